The summed E-state index contributed by atoms with van der Waals surface area (Å²) in [5.74, 6) is -2.01. The van der Waals surface area contributed by atoms with E-state index in [1.165, 1.54) is 23.0 Å². The van der Waals surface area contributed by atoms with Gasteiger partial charge in [0.2, 0.25) is 0 Å². The average Bonchev–Trinajstić information content (AvgIpc) is 2.85. The highest BCUT2D eigenvalue weighted by atomic mass is 32.1. The van der Waals surface area contributed by atoms with Gasteiger partial charge in [0.1, 0.15) is 10.7 Å². The third-order valence-corrected chi connectivity index (χ3v) is 3.87. The van der Waals surface area contributed by atoms with Crippen molar-refractivity contribution >= 4 is 17.2 Å². The molecule has 0 saturated heterocycles. The second-order valence-corrected chi connectivity index (χ2v) is 5.33. The van der Waals surface area contributed by atoms with Gasteiger partial charge in [-0.25, -0.2) is 9.97 Å². The molecule has 5 nitrogen and oxygen atoms in total. The SMILES string of the molecule is O=C(N[C@@H]1C[C@H]1C(F)(F)F)c1csc(-c2cnc[nH]2)n1. The monoisotopic (exact) mass is 302 g/mol. The van der Waals surface area contributed by atoms with Crippen molar-refractivity contribution in [2.45, 2.75) is 18.6 Å². The fourth-order valence-electron chi connectivity index (χ4n) is 1.83. The first-order valence-corrected chi connectivity index (χ1v) is 6.65. The number of aromatic nitrogens is 3. The number of carbonyl (C=O) groups excluding carboxylic acids is 1. The van der Waals surface area contributed by atoms with Crippen LogP contribution in [0, 0.1) is 5.92 Å². The summed E-state index contributed by atoms with van der Waals surface area (Å²) in [6, 6.07) is -0.834. The Morgan fingerprint density at radius 1 is 1.50 bits per heavy atom. The molecule has 2 N–H and O–H groups in total. The molecule has 1 fully saturated rings. The second kappa shape index (κ2) is 4.58. The highest BCUT2D eigenvalue weighted by Crippen LogP contribution is 2.44. The Bertz CT molecular complexity index is 622. The number of aromatic amines is 1. The zero-order valence-electron chi connectivity index (χ0n) is 9.94. The quantitative estimate of drug-likeness (QED) is 0.913. The van der Waals surface area contributed by atoms with Gasteiger partial charge >= 0.3 is 6.18 Å². The molecule has 2 heterocycles. The molecule has 2 aromatic heterocycles. The molecule has 1 saturated carbocycles. The van der Waals surface area contributed by atoms with Crippen LogP contribution in [0.1, 0.15) is 16.9 Å². The number of halogens is 3. The maximum absolute atomic E-state index is 12.4. The highest BCUT2D eigenvalue weighted by Gasteiger charge is 2.56. The molecule has 0 aromatic carbocycles. The Morgan fingerprint density at radius 3 is 2.90 bits per heavy atom. The molecule has 2 aromatic rings. The normalized spacial score (nSPS) is 21.8. The second-order valence-electron chi connectivity index (χ2n) is 4.47. The zero-order valence-corrected chi connectivity index (χ0v) is 10.8. The predicted molar refractivity (Wildman–Crippen MR) is 65.1 cm³/mol. The standard InChI is InChI=1S/C11H9F3N4OS/c12-11(13,14)5-1-6(5)17-9(19)8-3-20-10(18-8)7-2-15-4-16-7/h2-6H,1H2,(H,15,16)(H,17,19)/t5-,6-/m1/s1. The molecule has 20 heavy (non-hydrogen) atoms. The van der Waals surface area contributed by atoms with Crippen LogP contribution in [-0.4, -0.2) is 33.1 Å². The number of alkyl halides is 3. The van der Waals surface area contributed by atoms with E-state index in [4.69, 9.17) is 0 Å². The van der Waals surface area contributed by atoms with Gasteiger partial charge < -0.3 is 10.3 Å². The lowest BCUT2D eigenvalue weighted by Gasteiger charge is -2.05. The van der Waals surface area contributed by atoms with Gasteiger partial charge in [0, 0.05) is 11.4 Å². The Kier molecular flexibility index (Phi) is 3.00. The minimum absolute atomic E-state index is 0.0627. The van der Waals surface area contributed by atoms with E-state index >= 15 is 0 Å². The number of nitrogens with zero attached hydrogens (tertiary/aromatic N) is 2. The van der Waals surface area contributed by atoms with Crippen LogP contribution in [0.15, 0.2) is 17.9 Å². The molecule has 0 spiro atoms. The summed E-state index contributed by atoms with van der Waals surface area (Å²) < 4.78 is 37.1. The van der Waals surface area contributed by atoms with Crippen LogP contribution >= 0.6 is 11.3 Å². The number of carbonyl (C=O) groups is 1. The number of imidazole rings is 1. The first kappa shape index (κ1) is 13.1. The van der Waals surface area contributed by atoms with E-state index < -0.39 is 24.0 Å². The third kappa shape index (κ3) is 2.53. The van der Waals surface area contributed by atoms with E-state index in [1.807, 2.05) is 0 Å². The molecule has 1 amide bonds. The lowest BCUT2D eigenvalue weighted by Crippen LogP contribution is -2.30. The van der Waals surface area contributed by atoms with Gasteiger partial charge in [-0.15, -0.1) is 11.3 Å². The van der Waals surface area contributed by atoms with Gasteiger partial charge in [-0.3, -0.25) is 4.79 Å². The van der Waals surface area contributed by atoms with Gasteiger partial charge in [-0.2, -0.15) is 13.2 Å². The van der Waals surface area contributed by atoms with Gasteiger partial charge in [0.15, 0.2) is 0 Å². The van der Waals surface area contributed by atoms with Gasteiger partial charge in [0.05, 0.1) is 24.1 Å². The molecule has 1 aliphatic carbocycles. The van der Waals surface area contributed by atoms with Crippen LogP contribution in [0.3, 0.4) is 0 Å². The summed E-state index contributed by atoms with van der Waals surface area (Å²) >= 11 is 1.22. The average molecular weight is 302 g/mol. The van der Waals surface area contributed by atoms with Crippen molar-refractivity contribution in [3.05, 3.63) is 23.6 Å². The number of nitrogens with one attached hydrogen (secondary N) is 2. The molecule has 9 heteroatoms. The Balaban J connectivity index is 1.64. The predicted octanol–water partition coefficient (Wildman–Crippen LogP) is 2.21. The van der Waals surface area contributed by atoms with Crippen molar-refractivity contribution < 1.29 is 18.0 Å². The molecule has 2 atom stereocenters. The molecular formula is C11H9F3N4OS. The number of H-pyrrole nitrogens is 1. The summed E-state index contributed by atoms with van der Waals surface area (Å²) in [7, 11) is 0. The zero-order chi connectivity index (χ0) is 14.3. The van der Waals surface area contributed by atoms with E-state index in [-0.39, 0.29) is 12.1 Å². The van der Waals surface area contributed by atoms with Gasteiger partial charge in [-0.1, -0.05) is 0 Å². The third-order valence-electron chi connectivity index (χ3n) is 2.99. The molecule has 3 rings (SSSR count). The van der Waals surface area contributed by atoms with Crippen molar-refractivity contribution in [2.24, 2.45) is 5.92 Å². The number of thiazole rings is 1. The number of amides is 1. The fraction of sp³-hybridized carbons (Fsp3) is 0.364. The largest absolute Gasteiger partial charge is 0.393 e. The molecule has 1 aliphatic rings. The summed E-state index contributed by atoms with van der Waals surface area (Å²) in [4.78, 5) is 22.5. The van der Waals surface area contributed by atoms with E-state index in [1.54, 1.807) is 6.20 Å². The van der Waals surface area contributed by atoms with Crippen LogP contribution in [0.4, 0.5) is 13.2 Å². The van der Waals surface area contributed by atoms with Crippen LogP contribution in [0.25, 0.3) is 10.7 Å². The van der Waals surface area contributed by atoms with E-state index in [0.29, 0.717) is 10.7 Å². The molecule has 0 aliphatic heterocycles. The summed E-state index contributed by atoms with van der Waals surface area (Å²) in [5, 5.41) is 4.42. The number of rotatable bonds is 3. The van der Waals surface area contributed by atoms with Crippen LogP contribution < -0.4 is 5.32 Å². The van der Waals surface area contributed by atoms with Crippen molar-refractivity contribution in [1.29, 1.82) is 0 Å². The minimum Gasteiger partial charge on any atom is -0.347 e. The smallest absolute Gasteiger partial charge is 0.347 e. The van der Waals surface area contributed by atoms with Gasteiger partial charge in [-0.05, 0) is 6.42 Å². The lowest BCUT2D eigenvalue weighted by molar-refractivity contribution is -0.148. The Labute approximate surface area is 115 Å². The topological polar surface area (TPSA) is 70.7 Å². The lowest BCUT2D eigenvalue weighted by atomic mass is 10.4. The molecule has 0 bridgehead atoms. The Morgan fingerprint density at radius 2 is 2.30 bits per heavy atom. The Hall–Kier alpha value is -1.90. The minimum atomic E-state index is -4.25. The summed E-state index contributed by atoms with van der Waals surface area (Å²) in [6.07, 6.45) is -1.27. The molecule has 106 valence electrons. The van der Waals surface area contributed by atoms with Gasteiger partial charge in [0.25, 0.3) is 5.91 Å². The first-order valence-electron chi connectivity index (χ1n) is 5.77. The van der Waals surface area contributed by atoms with Crippen molar-refractivity contribution in [3.63, 3.8) is 0 Å². The van der Waals surface area contributed by atoms with Crippen molar-refractivity contribution in [1.82, 2.24) is 20.3 Å². The van der Waals surface area contributed by atoms with E-state index in [9.17, 15) is 18.0 Å². The first-order chi connectivity index (χ1) is 9.45. The van der Waals surface area contributed by atoms with Crippen molar-refractivity contribution in [2.75, 3.05) is 0 Å². The van der Waals surface area contributed by atoms with E-state index in [2.05, 4.69) is 20.3 Å². The molecular weight excluding hydrogens is 293 g/mol. The van der Waals surface area contributed by atoms with Crippen LogP contribution in [-0.2, 0) is 0 Å². The van der Waals surface area contributed by atoms with Crippen LogP contribution in [0.2, 0.25) is 0 Å². The molecule has 0 radical (unpaired) electrons. The number of hydrogen-bond acceptors (Lipinski definition) is 4. The maximum Gasteiger partial charge on any atom is 0.393 e. The summed E-state index contributed by atoms with van der Waals surface area (Å²) in [5.41, 5.74) is 0.779. The van der Waals surface area contributed by atoms with Crippen molar-refractivity contribution in [3.8, 4) is 10.7 Å². The molecule has 0 unspecified atom stereocenters. The number of hydrogen-bond donors (Lipinski definition) is 2. The van der Waals surface area contributed by atoms with E-state index in [0.717, 1.165) is 0 Å². The fourth-order valence-corrected chi connectivity index (χ4v) is 2.61. The van der Waals surface area contributed by atoms with Crippen LogP contribution in [0.5, 0.6) is 0 Å². The maximum atomic E-state index is 12.4. The summed E-state index contributed by atoms with van der Waals surface area (Å²) in [6.45, 7) is 0. The highest BCUT2D eigenvalue weighted by molar-refractivity contribution is 7.13.